The second kappa shape index (κ2) is 7.15. The van der Waals surface area contributed by atoms with Gasteiger partial charge in [0, 0.05) is 27.4 Å². The van der Waals surface area contributed by atoms with E-state index >= 15 is 0 Å². The minimum atomic E-state index is -0.685. The molecule has 1 aromatic carbocycles. The fourth-order valence-electron chi connectivity index (χ4n) is 2.07. The number of aliphatic hydroxyl groups is 1. The summed E-state index contributed by atoms with van der Waals surface area (Å²) in [5, 5.41) is 12.5. The van der Waals surface area contributed by atoms with Gasteiger partial charge in [-0.1, -0.05) is 0 Å². The number of hydrogen-bond donors (Lipinski definition) is 1. The Morgan fingerprint density at radius 3 is 2.24 bits per heavy atom. The monoisotopic (exact) mass is 372 g/mol. The fraction of sp³-hybridized carbons (Fsp3) is 0.333. The standard InChI is InChI=1S/C15H17BrO4S/c1-18-12-8-14(20-3)13(19-2)6-9(12)11(17)7-15-10(16)4-5-21-15/h4-6,8,11,17H,7H2,1-3H3. The summed E-state index contributed by atoms with van der Waals surface area (Å²) < 4.78 is 16.9. The normalized spacial score (nSPS) is 12.0. The van der Waals surface area contributed by atoms with Crippen LogP contribution in [0.1, 0.15) is 16.5 Å². The summed E-state index contributed by atoms with van der Waals surface area (Å²) in [6.45, 7) is 0. The number of aliphatic hydroxyl groups excluding tert-OH is 1. The van der Waals surface area contributed by atoms with Crippen molar-refractivity contribution in [1.29, 1.82) is 0 Å². The van der Waals surface area contributed by atoms with Crippen LogP contribution in [-0.4, -0.2) is 26.4 Å². The molecule has 1 atom stereocenters. The van der Waals surface area contributed by atoms with Crippen LogP contribution in [0.3, 0.4) is 0 Å². The van der Waals surface area contributed by atoms with Crippen molar-refractivity contribution >= 4 is 27.3 Å². The molecule has 0 saturated carbocycles. The molecule has 0 bridgehead atoms. The van der Waals surface area contributed by atoms with Gasteiger partial charge in [-0.15, -0.1) is 11.3 Å². The molecule has 114 valence electrons. The SMILES string of the molecule is COc1cc(OC)c(C(O)Cc2sccc2Br)cc1OC. The van der Waals surface area contributed by atoms with Gasteiger partial charge in [-0.25, -0.2) is 0 Å². The van der Waals surface area contributed by atoms with Crippen LogP contribution in [-0.2, 0) is 6.42 Å². The van der Waals surface area contributed by atoms with E-state index in [9.17, 15) is 5.11 Å². The molecule has 1 N–H and O–H groups in total. The zero-order valence-electron chi connectivity index (χ0n) is 12.1. The summed E-state index contributed by atoms with van der Waals surface area (Å²) in [6.07, 6.45) is -0.181. The van der Waals surface area contributed by atoms with Gasteiger partial charge in [0.2, 0.25) is 0 Å². The fourth-order valence-corrected chi connectivity index (χ4v) is 3.62. The molecule has 4 nitrogen and oxygen atoms in total. The van der Waals surface area contributed by atoms with Gasteiger partial charge in [0.25, 0.3) is 0 Å². The Bertz CT molecular complexity index is 612. The lowest BCUT2D eigenvalue weighted by Crippen LogP contribution is -2.05. The minimum absolute atomic E-state index is 0.504. The van der Waals surface area contributed by atoms with Crippen molar-refractivity contribution < 1.29 is 19.3 Å². The van der Waals surface area contributed by atoms with Crippen molar-refractivity contribution in [3.05, 3.63) is 38.5 Å². The maximum atomic E-state index is 10.5. The van der Waals surface area contributed by atoms with Gasteiger partial charge >= 0.3 is 0 Å². The van der Waals surface area contributed by atoms with Crippen LogP contribution in [0.2, 0.25) is 0 Å². The van der Waals surface area contributed by atoms with Gasteiger partial charge in [-0.2, -0.15) is 0 Å². The average Bonchev–Trinajstić information content (AvgIpc) is 2.90. The molecule has 0 radical (unpaired) electrons. The van der Waals surface area contributed by atoms with Crippen LogP contribution in [0, 0.1) is 0 Å². The lowest BCUT2D eigenvalue weighted by atomic mass is 10.0. The van der Waals surface area contributed by atoms with Gasteiger partial charge in [0.15, 0.2) is 11.5 Å². The summed E-state index contributed by atoms with van der Waals surface area (Å²) in [6, 6.07) is 5.45. The predicted octanol–water partition coefficient (Wildman–Crippen LogP) is 3.81. The van der Waals surface area contributed by atoms with Crippen LogP contribution >= 0.6 is 27.3 Å². The van der Waals surface area contributed by atoms with E-state index in [2.05, 4.69) is 15.9 Å². The number of rotatable bonds is 6. The maximum Gasteiger partial charge on any atom is 0.164 e. The van der Waals surface area contributed by atoms with E-state index in [4.69, 9.17) is 14.2 Å². The van der Waals surface area contributed by atoms with E-state index < -0.39 is 6.10 Å². The average molecular weight is 373 g/mol. The summed E-state index contributed by atoms with van der Waals surface area (Å²) in [7, 11) is 4.70. The lowest BCUT2D eigenvalue weighted by Gasteiger charge is -2.17. The van der Waals surface area contributed by atoms with Crippen molar-refractivity contribution in [3.63, 3.8) is 0 Å². The molecule has 0 saturated heterocycles. The Balaban J connectivity index is 2.35. The molecule has 1 heterocycles. The Kier molecular flexibility index (Phi) is 5.50. The quantitative estimate of drug-likeness (QED) is 0.837. The van der Waals surface area contributed by atoms with Crippen molar-refractivity contribution in [1.82, 2.24) is 0 Å². The van der Waals surface area contributed by atoms with Crippen molar-refractivity contribution in [2.45, 2.75) is 12.5 Å². The molecule has 1 unspecified atom stereocenters. The highest BCUT2D eigenvalue weighted by Crippen LogP contribution is 2.39. The zero-order valence-corrected chi connectivity index (χ0v) is 14.5. The molecular formula is C15H17BrO4S. The summed E-state index contributed by atoms with van der Waals surface area (Å²) in [5.41, 5.74) is 0.676. The zero-order chi connectivity index (χ0) is 15.4. The molecule has 0 aliphatic rings. The maximum absolute atomic E-state index is 10.5. The lowest BCUT2D eigenvalue weighted by molar-refractivity contribution is 0.174. The van der Waals surface area contributed by atoms with E-state index in [1.54, 1.807) is 44.8 Å². The molecule has 2 aromatic rings. The first-order valence-corrected chi connectivity index (χ1v) is 7.97. The first-order chi connectivity index (χ1) is 10.1. The van der Waals surface area contributed by atoms with Crippen LogP contribution in [0.4, 0.5) is 0 Å². The highest BCUT2D eigenvalue weighted by atomic mass is 79.9. The smallest absolute Gasteiger partial charge is 0.164 e. The molecule has 0 fully saturated rings. The number of benzene rings is 1. The topological polar surface area (TPSA) is 47.9 Å². The van der Waals surface area contributed by atoms with E-state index in [-0.39, 0.29) is 0 Å². The molecule has 0 aliphatic carbocycles. The van der Waals surface area contributed by atoms with Crippen molar-refractivity contribution in [2.75, 3.05) is 21.3 Å². The molecule has 0 spiro atoms. The van der Waals surface area contributed by atoms with E-state index in [1.165, 1.54) is 0 Å². The molecule has 2 rings (SSSR count). The highest BCUT2D eigenvalue weighted by molar-refractivity contribution is 9.10. The molecule has 6 heteroatoms. The molecule has 21 heavy (non-hydrogen) atoms. The predicted molar refractivity (Wildman–Crippen MR) is 86.8 cm³/mol. The summed E-state index contributed by atoms with van der Waals surface area (Å²) in [5.74, 6) is 1.72. The second-order valence-corrected chi connectivity index (χ2v) is 6.22. The highest BCUT2D eigenvalue weighted by Gasteiger charge is 2.19. The van der Waals surface area contributed by atoms with Gasteiger partial charge in [-0.3, -0.25) is 0 Å². The third-order valence-corrected chi connectivity index (χ3v) is 5.11. The van der Waals surface area contributed by atoms with E-state index in [0.717, 1.165) is 9.35 Å². The Labute approximate surface area is 136 Å². The summed E-state index contributed by atoms with van der Waals surface area (Å²) in [4.78, 5) is 1.08. The van der Waals surface area contributed by atoms with Gasteiger partial charge in [0.1, 0.15) is 5.75 Å². The number of halogens is 1. The number of ether oxygens (including phenoxy) is 3. The third-order valence-electron chi connectivity index (χ3n) is 3.16. The molecule has 0 amide bonds. The Morgan fingerprint density at radius 2 is 1.71 bits per heavy atom. The van der Waals surface area contributed by atoms with Crippen molar-refractivity contribution in [2.24, 2.45) is 0 Å². The van der Waals surface area contributed by atoms with E-state index in [1.807, 2.05) is 11.4 Å². The number of hydrogen-bond acceptors (Lipinski definition) is 5. The first-order valence-electron chi connectivity index (χ1n) is 6.30. The molecule has 1 aromatic heterocycles. The largest absolute Gasteiger partial charge is 0.496 e. The number of methoxy groups -OCH3 is 3. The first kappa shape index (κ1) is 16.1. The van der Waals surface area contributed by atoms with E-state index in [0.29, 0.717) is 29.2 Å². The molecule has 0 aliphatic heterocycles. The minimum Gasteiger partial charge on any atom is -0.496 e. The number of thiophene rings is 1. The Hall–Kier alpha value is -1.24. The third kappa shape index (κ3) is 3.51. The second-order valence-electron chi connectivity index (χ2n) is 4.36. The van der Waals surface area contributed by atoms with Crippen LogP contribution in [0.5, 0.6) is 17.2 Å². The molecular weight excluding hydrogens is 356 g/mol. The summed E-state index contributed by atoms with van der Waals surface area (Å²) >= 11 is 5.08. The van der Waals surface area contributed by atoms with Gasteiger partial charge in [-0.05, 0) is 33.4 Å². The van der Waals surface area contributed by atoms with Crippen LogP contribution < -0.4 is 14.2 Å². The van der Waals surface area contributed by atoms with Crippen LogP contribution in [0.15, 0.2) is 28.1 Å². The van der Waals surface area contributed by atoms with Crippen molar-refractivity contribution in [3.8, 4) is 17.2 Å². The Morgan fingerprint density at radius 1 is 1.10 bits per heavy atom. The van der Waals surface area contributed by atoms with Gasteiger partial charge < -0.3 is 19.3 Å². The van der Waals surface area contributed by atoms with Gasteiger partial charge in [0.05, 0.1) is 27.4 Å². The van der Waals surface area contributed by atoms with Crippen LogP contribution in [0.25, 0.3) is 0 Å².